The zero-order valence-electron chi connectivity index (χ0n) is 12.6. The van der Waals surface area contributed by atoms with Crippen LogP contribution in [0.25, 0.3) is 0 Å². The topological polar surface area (TPSA) is 51.2 Å². The first-order valence-corrected chi connectivity index (χ1v) is 6.93. The van der Waals surface area contributed by atoms with E-state index in [1.165, 1.54) is 18.2 Å². The van der Waals surface area contributed by atoms with Crippen molar-refractivity contribution in [2.45, 2.75) is 26.4 Å². The van der Waals surface area contributed by atoms with Crippen molar-refractivity contribution >= 4 is 5.97 Å². The number of nitrogens with zero attached hydrogens (tertiary/aromatic N) is 1. The zero-order chi connectivity index (χ0) is 15.2. The summed E-state index contributed by atoms with van der Waals surface area (Å²) < 4.78 is 4.65. The maximum atomic E-state index is 11.3. The number of carbonyl (C=O) groups is 1. The van der Waals surface area contributed by atoms with Crippen LogP contribution >= 0.6 is 0 Å². The van der Waals surface area contributed by atoms with Gasteiger partial charge in [-0.2, -0.15) is 0 Å². The Kier molecular flexibility index (Phi) is 5.06. The lowest BCUT2D eigenvalue weighted by Gasteiger charge is -2.14. The minimum absolute atomic E-state index is 0.243. The largest absolute Gasteiger partial charge is 0.465 e. The van der Waals surface area contributed by atoms with Gasteiger partial charge in [-0.15, -0.1) is 0 Å². The van der Waals surface area contributed by atoms with E-state index in [1.54, 1.807) is 12.3 Å². The molecule has 0 bridgehead atoms. The Bertz CT molecular complexity index is 591. The molecule has 0 saturated carbocycles. The number of hydrogen-bond donors (Lipinski definition) is 1. The number of rotatable bonds is 5. The molecule has 0 saturated heterocycles. The first-order valence-electron chi connectivity index (χ1n) is 6.93. The minimum atomic E-state index is -0.366. The highest BCUT2D eigenvalue weighted by atomic mass is 16.5. The Morgan fingerprint density at radius 2 is 1.95 bits per heavy atom. The predicted octanol–water partition coefficient (Wildman–Crippen LogP) is 3.03. The zero-order valence-corrected chi connectivity index (χ0v) is 12.6. The van der Waals surface area contributed by atoms with Crippen LogP contribution in [0.4, 0.5) is 0 Å². The molecule has 21 heavy (non-hydrogen) atoms. The monoisotopic (exact) mass is 284 g/mol. The number of pyridine rings is 1. The molecule has 1 heterocycles. The van der Waals surface area contributed by atoms with Gasteiger partial charge in [-0.1, -0.05) is 29.8 Å². The van der Waals surface area contributed by atoms with Gasteiger partial charge in [-0.3, -0.25) is 4.98 Å². The molecule has 0 aliphatic rings. The summed E-state index contributed by atoms with van der Waals surface area (Å²) in [7, 11) is 1.36. The fourth-order valence-electron chi connectivity index (χ4n) is 2.00. The highest BCUT2D eigenvalue weighted by molar-refractivity contribution is 5.88. The van der Waals surface area contributed by atoms with Crippen molar-refractivity contribution in [2.24, 2.45) is 0 Å². The lowest BCUT2D eigenvalue weighted by atomic mass is 10.1. The summed E-state index contributed by atoms with van der Waals surface area (Å²) in [6, 6.07) is 12.3. The second-order valence-electron chi connectivity index (χ2n) is 5.04. The number of carbonyl (C=O) groups excluding carboxylic acids is 1. The second kappa shape index (κ2) is 6.99. The van der Waals surface area contributed by atoms with Crippen LogP contribution in [-0.2, 0) is 11.3 Å². The van der Waals surface area contributed by atoms with E-state index < -0.39 is 0 Å². The van der Waals surface area contributed by atoms with Crippen LogP contribution < -0.4 is 5.32 Å². The lowest BCUT2D eigenvalue weighted by molar-refractivity contribution is 0.0600. The molecular formula is C17H20N2O2. The van der Waals surface area contributed by atoms with Gasteiger partial charge in [0, 0.05) is 18.8 Å². The van der Waals surface area contributed by atoms with E-state index in [4.69, 9.17) is 0 Å². The third kappa shape index (κ3) is 4.13. The third-order valence-corrected chi connectivity index (χ3v) is 3.41. The van der Waals surface area contributed by atoms with Crippen molar-refractivity contribution < 1.29 is 9.53 Å². The van der Waals surface area contributed by atoms with Crippen LogP contribution in [0.15, 0.2) is 42.6 Å². The molecule has 2 aromatic rings. The summed E-state index contributed by atoms with van der Waals surface area (Å²) in [6.07, 6.45) is 1.54. The summed E-state index contributed by atoms with van der Waals surface area (Å²) in [5.41, 5.74) is 3.85. The van der Waals surface area contributed by atoms with E-state index >= 15 is 0 Å². The fourth-order valence-corrected chi connectivity index (χ4v) is 2.00. The molecule has 2 rings (SSSR count). The molecule has 1 N–H and O–H groups in total. The first kappa shape index (κ1) is 15.2. The summed E-state index contributed by atoms with van der Waals surface area (Å²) in [4.78, 5) is 15.6. The van der Waals surface area contributed by atoms with Gasteiger partial charge in [-0.05, 0) is 31.5 Å². The van der Waals surface area contributed by atoms with E-state index in [-0.39, 0.29) is 12.0 Å². The number of aryl methyl sites for hydroxylation is 1. The molecule has 0 aliphatic carbocycles. The molecule has 4 heteroatoms. The van der Waals surface area contributed by atoms with E-state index in [9.17, 15) is 4.79 Å². The first-order chi connectivity index (χ1) is 10.1. The summed E-state index contributed by atoms with van der Waals surface area (Å²) >= 11 is 0. The van der Waals surface area contributed by atoms with Crippen LogP contribution in [0.3, 0.4) is 0 Å². The SMILES string of the molecule is COC(=O)c1ccc(CN[C@H](C)c2ccc(C)cc2)nc1. The van der Waals surface area contributed by atoms with Crippen LogP contribution in [0, 0.1) is 6.92 Å². The number of esters is 1. The van der Waals surface area contributed by atoms with Gasteiger partial charge >= 0.3 is 5.97 Å². The van der Waals surface area contributed by atoms with Gasteiger partial charge in [0.2, 0.25) is 0 Å². The molecule has 110 valence electrons. The Balaban J connectivity index is 1.93. The maximum Gasteiger partial charge on any atom is 0.339 e. The van der Waals surface area contributed by atoms with Gasteiger partial charge in [0.15, 0.2) is 0 Å². The summed E-state index contributed by atoms with van der Waals surface area (Å²) in [6.45, 7) is 4.85. The molecule has 0 fully saturated rings. The van der Waals surface area contributed by atoms with Gasteiger partial charge < -0.3 is 10.1 Å². The van der Waals surface area contributed by atoms with Crippen molar-refractivity contribution in [3.05, 3.63) is 65.0 Å². The minimum Gasteiger partial charge on any atom is -0.465 e. The Labute approximate surface area is 125 Å². The molecule has 0 amide bonds. The smallest absolute Gasteiger partial charge is 0.339 e. The predicted molar refractivity (Wildman–Crippen MR) is 82.0 cm³/mol. The standard InChI is InChI=1S/C17H20N2O2/c1-12-4-6-14(7-5-12)13(2)18-11-16-9-8-15(10-19-16)17(20)21-3/h4-10,13,18H,11H2,1-3H3/t13-/m1/s1. The average molecular weight is 284 g/mol. The average Bonchev–Trinajstić information content (AvgIpc) is 2.53. The third-order valence-electron chi connectivity index (χ3n) is 3.41. The van der Waals surface area contributed by atoms with E-state index in [0.29, 0.717) is 12.1 Å². The summed E-state index contributed by atoms with van der Waals surface area (Å²) in [5.74, 6) is -0.366. The van der Waals surface area contributed by atoms with Crippen LogP contribution in [-0.4, -0.2) is 18.1 Å². The highest BCUT2D eigenvalue weighted by Crippen LogP contribution is 2.13. The van der Waals surface area contributed by atoms with Crippen molar-refractivity contribution in [3.8, 4) is 0 Å². The van der Waals surface area contributed by atoms with Gasteiger partial charge in [0.25, 0.3) is 0 Å². The molecule has 0 radical (unpaired) electrons. The van der Waals surface area contributed by atoms with Gasteiger partial charge in [0.1, 0.15) is 0 Å². The number of methoxy groups -OCH3 is 1. The van der Waals surface area contributed by atoms with Crippen LogP contribution in [0.5, 0.6) is 0 Å². The van der Waals surface area contributed by atoms with E-state index in [1.807, 2.05) is 6.07 Å². The molecule has 1 aromatic carbocycles. The molecule has 0 unspecified atom stereocenters. The molecule has 1 aromatic heterocycles. The Morgan fingerprint density at radius 3 is 2.52 bits per heavy atom. The summed E-state index contributed by atoms with van der Waals surface area (Å²) in [5, 5.41) is 3.42. The quantitative estimate of drug-likeness (QED) is 0.857. The second-order valence-corrected chi connectivity index (χ2v) is 5.04. The highest BCUT2D eigenvalue weighted by Gasteiger charge is 2.07. The number of benzene rings is 1. The molecule has 1 atom stereocenters. The normalized spacial score (nSPS) is 12.0. The Hall–Kier alpha value is -2.20. The molecular weight excluding hydrogens is 264 g/mol. The molecule has 0 aliphatic heterocycles. The van der Waals surface area contributed by atoms with E-state index in [2.05, 4.69) is 53.2 Å². The number of ether oxygens (including phenoxy) is 1. The van der Waals surface area contributed by atoms with Crippen molar-refractivity contribution in [1.82, 2.24) is 10.3 Å². The van der Waals surface area contributed by atoms with Crippen LogP contribution in [0.1, 0.15) is 40.1 Å². The van der Waals surface area contributed by atoms with Crippen molar-refractivity contribution in [3.63, 3.8) is 0 Å². The van der Waals surface area contributed by atoms with Gasteiger partial charge in [-0.25, -0.2) is 4.79 Å². The Morgan fingerprint density at radius 1 is 1.24 bits per heavy atom. The van der Waals surface area contributed by atoms with E-state index in [0.717, 1.165) is 5.69 Å². The molecule has 4 nitrogen and oxygen atoms in total. The number of nitrogens with one attached hydrogen (secondary N) is 1. The number of aromatic nitrogens is 1. The van der Waals surface area contributed by atoms with Gasteiger partial charge in [0.05, 0.1) is 18.4 Å². The van der Waals surface area contributed by atoms with Crippen molar-refractivity contribution in [1.29, 1.82) is 0 Å². The fraction of sp³-hybridized carbons (Fsp3) is 0.294. The molecule has 0 spiro atoms. The van der Waals surface area contributed by atoms with Crippen molar-refractivity contribution in [2.75, 3.05) is 7.11 Å². The lowest BCUT2D eigenvalue weighted by Crippen LogP contribution is -2.18. The number of hydrogen-bond acceptors (Lipinski definition) is 4. The van der Waals surface area contributed by atoms with Crippen LogP contribution in [0.2, 0.25) is 0 Å². The maximum absolute atomic E-state index is 11.3.